The third-order valence-corrected chi connectivity index (χ3v) is 4.15. The summed E-state index contributed by atoms with van der Waals surface area (Å²) in [6, 6.07) is 16.3. The summed E-state index contributed by atoms with van der Waals surface area (Å²) < 4.78 is 2.09. The molecule has 3 aromatic rings. The SMILES string of the molecule is CCCCC(B(O)O)n1c2ccccc2c2ccccc21. The van der Waals surface area contributed by atoms with Crippen molar-refractivity contribution in [2.24, 2.45) is 0 Å². The summed E-state index contributed by atoms with van der Waals surface area (Å²) >= 11 is 0. The Labute approximate surface area is 125 Å². The predicted molar refractivity (Wildman–Crippen MR) is 88.2 cm³/mol. The molecule has 2 aromatic carbocycles. The highest BCUT2D eigenvalue weighted by Gasteiger charge is 2.27. The lowest BCUT2D eigenvalue weighted by molar-refractivity contribution is 0.356. The summed E-state index contributed by atoms with van der Waals surface area (Å²) in [6.07, 6.45) is 2.78. The standard InChI is InChI=1S/C17H20BNO2/c1-2-3-12-17(18(20)21)19-15-10-6-4-8-13(15)14-9-5-7-11-16(14)19/h4-11,17,20-21H,2-3,12H2,1H3. The zero-order valence-electron chi connectivity index (χ0n) is 12.2. The van der Waals surface area contributed by atoms with E-state index in [1.807, 2.05) is 24.3 Å². The summed E-state index contributed by atoms with van der Waals surface area (Å²) in [5.41, 5.74) is 2.13. The molecule has 0 saturated carbocycles. The first-order valence-electron chi connectivity index (χ1n) is 7.58. The van der Waals surface area contributed by atoms with E-state index in [0.717, 1.165) is 41.1 Å². The molecule has 0 spiro atoms. The van der Waals surface area contributed by atoms with Gasteiger partial charge in [-0.15, -0.1) is 0 Å². The number of rotatable bonds is 5. The van der Waals surface area contributed by atoms with Crippen LogP contribution in [-0.4, -0.2) is 21.7 Å². The maximum Gasteiger partial charge on any atom is 0.476 e. The molecule has 1 unspecified atom stereocenters. The van der Waals surface area contributed by atoms with E-state index in [0.29, 0.717) is 0 Å². The topological polar surface area (TPSA) is 45.4 Å². The number of hydrogen-bond acceptors (Lipinski definition) is 2. The van der Waals surface area contributed by atoms with Gasteiger partial charge in [-0.1, -0.05) is 56.2 Å². The summed E-state index contributed by atoms with van der Waals surface area (Å²) in [5.74, 6) is -0.310. The van der Waals surface area contributed by atoms with Crippen LogP contribution in [0.15, 0.2) is 48.5 Å². The first-order valence-corrected chi connectivity index (χ1v) is 7.58. The lowest BCUT2D eigenvalue weighted by Gasteiger charge is -2.20. The Balaban J connectivity index is 2.27. The Morgan fingerprint density at radius 1 is 0.952 bits per heavy atom. The smallest absolute Gasteiger partial charge is 0.426 e. The van der Waals surface area contributed by atoms with Gasteiger partial charge in [-0.2, -0.15) is 0 Å². The Kier molecular flexibility index (Phi) is 4.00. The van der Waals surface area contributed by atoms with Gasteiger partial charge in [0.05, 0.1) is 5.94 Å². The van der Waals surface area contributed by atoms with Crippen molar-refractivity contribution < 1.29 is 10.0 Å². The lowest BCUT2D eigenvalue weighted by Crippen LogP contribution is -2.28. The molecule has 3 rings (SSSR count). The molecule has 0 saturated heterocycles. The van der Waals surface area contributed by atoms with E-state index in [1.54, 1.807) is 0 Å². The van der Waals surface area contributed by atoms with Gasteiger partial charge in [0, 0.05) is 21.8 Å². The van der Waals surface area contributed by atoms with Gasteiger partial charge in [0.15, 0.2) is 0 Å². The van der Waals surface area contributed by atoms with Crippen LogP contribution in [0.2, 0.25) is 0 Å². The van der Waals surface area contributed by atoms with Gasteiger partial charge < -0.3 is 14.6 Å². The maximum atomic E-state index is 9.86. The van der Waals surface area contributed by atoms with Crippen LogP contribution in [0.5, 0.6) is 0 Å². The van der Waals surface area contributed by atoms with Crippen LogP contribution in [0.3, 0.4) is 0 Å². The molecular formula is C17H20BNO2. The third kappa shape index (κ3) is 2.45. The van der Waals surface area contributed by atoms with Gasteiger partial charge in [0.1, 0.15) is 0 Å². The monoisotopic (exact) mass is 281 g/mol. The molecule has 1 heterocycles. The fraction of sp³-hybridized carbons (Fsp3) is 0.294. The Morgan fingerprint density at radius 3 is 1.95 bits per heavy atom. The second kappa shape index (κ2) is 5.92. The van der Waals surface area contributed by atoms with Crippen LogP contribution in [-0.2, 0) is 0 Å². The highest BCUT2D eigenvalue weighted by Crippen LogP contribution is 2.33. The molecule has 4 heteroatoms. The number of fused-ring (bicyclic) bond motifs is 3. The lowest BCUT2D eigenvalue weighted by atomic mass is 9.76. The number of benzene rings is 2. The summed E-state index contributed by atoms with van der Waals surface area (Å²) in [4.78, 5) is 0. The summed E-state index contributed by atoms with van der Waals surface area (Å²) in [5, 5.41) is 22.1. The molecule has 0 aliphatic carbocycles. The zero-order chi connectivity index (χ0) is 14.8. The molecule has 0 aliphatic rings. The zero-order valence-corrected chi connectivity index (χ0v) is 12.2. The van der Waals surface area contributed by atoms with Crippen molar-refractivity contribution in [1.29, 1.82) is 0 Å². The number of nitrogens with zero attached hydrogens (tertiary/aromatic N) is 1. The fourth-order valence-electron chi connectivity index (χ4n) is 3.13. The fourth-order valence-corrected chi connectivity index (χ4v) is 3.13. The minimum atomic E-state index is -1.35. The van der Waals surface area contributed by atoms with E-state index in [4.69, 9.17) is 0 Å². The summed E-state index contributed by atoms with van der Waals surface area (Å²) in [7, 11) is -1.35. The van der Waals surface area contributed by atoms with Crippen LogP contribution in [0, 0.1) is 0 Å². The van der Waals surface area contributed by atoms with Crippen molar-refractivity contribution in [3.05, 3.63) is 48.5 Å². The molecule has 2 N–H and O–H groups in total. The van der Waals surface area contributed by atoms with Crippen molar-refractivity contribution in [1.82, 2.24) is 4.57 Å². The Bertz CT molecular complexity index is 697. The highest BCUT2D eigenvalue weighted by atomic mass is 16.4. The van der Waals surface area contributed by atoms with E-state index in [-0.39, 0.29) is 5.94 Å². The predicted octanol–water partition coefficient (Wildman–Crippen LogP) is 3.54. The molecule has 1 atom stereocenters. The second-order valence-corrected chi connectivity index (χ2v) is 5.53. The highest BCUT2D eigenvalue weighted by molar-refractivity contribution is 6.42. The van der Waals surface area contributed by atoms with Gasteiger partial charge in [-0.3, -0.25) is 0 Å². The third-order valence-electron chi connectivity index (χ3n) is 4.15. The number of unbranched alkanes of at least 4 members (excludes halogenated alkanes) is 1. The molecule has 0 aliphatic heterocycles. The van der Waals surface area contributed by atoms with Crippen molar-refractivity contribution >= 4 is 28.9 Å². The van der Waals surface area contributed by atoms with E-state index >= 15 is 0 Å². The molecule has 21 heavy (non-hydrogen) atoms. The van der Waals surface area contributed by atoms with Crippen molar-refractivity contribution in [3.8, 4) is 0 Å². The number of hydrogen-bond donors (Lipinski definition) is 2. The summed E-state index contributed by atoms with van der Waals surface area (Å²) in [6.45, 7) is 2.12. The van der Waals surface area contributed by atoms with Crippen LogP contribution in [0.4, 0.5) is 0 Å². The first-order chi connectivity index (χ1) is 10.2. The minimum absolute atomic E-state index is 0.310. The minimum Gasteiger partial charge on any atom is -0.426 e. The van der Waals surface area contributed by atoms with Gasteiger partial charge >= 0.3 is 7.12 Å². The largest absolute Gasteiger partial charge is 0.476 e. The number of para-hydroxylation sites is 2. The molecule has 0 fully saturated rings. The van der Waals surface area contributed by atoms with Crippen molar-refractivity contribution in [2.45, 2.75) is 32.1 Å². The second-order valence-electron chi connectivity index (χ2n) is 5.53. The normalized spacial score (nSPS) is 12.9. The van der Waals surface area contributed by atoms with Crippen LogP contribution in [0.1, 0.15) is 32.1 Å². The average Bonchev–Trinajstić information content (AvgIpc) is 2.83. The quantitative estimate of drug-likeness (QED) is 0.703. The van der Waals surface area contributed by atoms with Crippen LogP contribution in [0.25, 0.3) is 21.8 Å². The molecule has 108 valence electrons. The number of aromatic nitrogens is 1. The van der Waals surface area contributed by atoms with E-state index < -0.39 is 7.12 Å². The molecule has 0 amide bonds. The van der Waals surface area contributed by atoms with Gasteiger partial charge in [0.25, 0.3) is 0 Å². The Morgan fingerprint density at radius 2 is 1.48 bits per heavy atom. The van der Waals surface area contributed by atoms with Crippen LogP contribution >= 0.6 is 0 Å². The van der Waals surface area contributed by atoms with Gasteiger partial charge in [0.2, 0.25) is 0 Å². The first kappa shape index (κ1) is 14.2. The molecule has 0 bridgehead atoms. The Hall–Kier alpha value is -1.78. The molecule has 0 radical (unpaired) electrons. The molecule has 1 aromatic heterocycles. The van der Waals surface area contributed by atoms with Crippen molar-refractivity contribution in [2.75, 3.05) is 0 Å². The van der Waals surface area contributed by atoms with Gasteiger partial charge in [-0.25, -0.2) is 0 Å². The average molecular weight is 281 g/mol. The maximum absolute atomic E-state index is 9.86. The van der Waals surface area contributed by atoms with Crippen LogP contribution < -0.4 is 0 Å². The van der Waals surface area contributed by atoms with E-state index in [9.17, 15) is 10.0 Å². The van der Waals surface area contributed by atoms with E-state index in [2.05, 4.69) is 35.8 Å². The molecule has 3 nitrogen and oxygen atoms in total. The van der Waals surface area contributed by atoms with E-state index in [1.165, 1.54) is 0 Å². The molecular weight excluding hydrogens is 261 g/mol. The van der Waals surface area contributed by atoms with Gasteiger partial charge in [-0.05, 0) is 18.6 Å². The van der Waals surface area contributed by atoms with Crippen molar-refractivity contribution in [3.63, 3.8) is 0 Å².